The van der Waals surface area contributed by atoms with Crippen molar-refractivity contribution in [2.24, 2.45) is 0 Å². The van der Waals surface area contributed by atoms with Crippen LogP contribution >= 0.6 is 11.3 Å². The molecule has 4 heteroatoms. The van der Waals surface area contributed by atoms with Gasteiger partial charge in [0.25, 0.3) is 0 Å². The maximum atomic E-state index is 4.84. The van der Waals surface area contributed by atoms with Gasteiger partial charge in [-0.15, -0.1) is 11.3 Å². The summed E-state index contributed by atoms with van der Waals surface area (Å²) < 4.78 is 0. The maximum Gasteiger partial charge on any atom is 0.0945 e. The molecular formula is C18H19N3S. The highest BCUT2D eigenvalue weighted by Crippen LogP contribution is 2.33. The Kier molecular flexibility index (Phi) is 3.54. The van der Waals surface area contributed by atoms with Crippen LogP contribution in [-0.4, -0.2) is 16.5 Å². The molecule has 0 radical (unpaired) electrons. The summed E-state index contributed by atoms with van der Waals surface area (Å²) in [6, 6.07) is 8.46. The first kappa shape index (κ1) is 13.7. The predicted molar refractivity (Wildman–Crippen MR) is 92.8 cm³/mol. The lowest BCUT2D eigenvalue weighted by molar-refractivity contribution is 0.900. The molecule has 3 aromatic rings. The Bertz CT molecular complexity index is 822. The zero-order chi connectivity index (χ0) is 14.9. The number of benzene rings is 1. The molecule has 1 N–H and O–H groups in total. The number of pyridine rings is 1. The largest absolute Gasteiger partial charge is 0.384 e. The van der Waals surface area contributed by atoms with Gasteiger partial charge < -0.3 is 5.32 Å². The average Bonchev–Trinajstić information content (AvgIpc) is 3.15. The van der Waals surface area contributed by atoms with Crippen LogP contribution in [0.5, 0.6) is 0 Å². The van der Waals surface area contributed by atoms with Gasteiger partial charge in [0.1, 0.15) is 0 Å². The third-order valence-corrected chi connectivity index (χ3v) is 5.25. The molecule has 3 nitrogen and oxygen atoms in total. The van der Waals surface area contributed by atoms with Crippen LogP contribution in [0.2, 0.25) is 0 Å². The normalized spacial score (nSPS) is 13.5. The van der Waals surface area contributed by atoms with Crippen LogP contribution in [0.4, 0.5) is 5.69 Å². The van der Waals surface area contributed by atoms with Gasteiger partial charge in [-0.25, -0.2) is 4.98 Å². The summed E-state index contributed by atoms with van der Waals surface area (Å²) in [5.41, 5.74) is 6.23. The second-order valence-electron chi connectivity index (χ2n) is 5.84. The molecule has 1 aliphatic rings. The van der Waals surface area contributed by atoms with Gasteiger partial charge in [-0.2, -0.15) is 0 Å². The summed E-state index contributed by atoms with van der Waals surface area (Å²) in [5.74, 6) is 0. The number of anilines is 1. The molecule has 0 saturated heterocycles. The summed E-state index contributed by atoms with van der Waals surface area (Å²) in [5, 5.41) is 8.25. The van der Waals surface area contributed by atoms with Crippen molar-refractivity contribution in [3.8, 4) is 0 Å². The van der Waals surface area contributed by atoms with E-state index in [1.807, 2.05) is 0 Å². The van der Waals surface area contributed by atoms with Gasteiger partial charge in [-0.1, -0.05) is 18.2 Å². The first-order valence-electron chi connectivity index (χ1n) is 7.86. The summed E-state index contributed by atoms with van der Waals surface area (Å²) in [7, 11) is 0. The lowest BCUT2D eigenvalue weighted by atomic mass is 10.1. The molecule has 1 aromatic carbocycles. The molecule has 0 atom stereocenters. The SMILES string of the molecule is Cc1csc(CCNc2c3c(nc4ccccc24)CCC3)n1. The molecule has 0 bridgehead atoms. The van der Waals surface area contributed by atoms with Crippen molar-refractivity contribution in [3.63, 3.8) is 0 Å². The number of nitrogens with zero attached hydrogens (tertiary/aromatic N) is 2. The second kappa shape index (κ2) is 5.69. The third kappa shape index (κ3) is 2.48. The smallest absolute Gasteiger partial charge is 0.0945 e. The van der Waals surface area contributed by atoms with Crippen LogP contribution < -0.4 is 5.32 Å². The number of hydrogen-bond donors (Lipinski definition) is 1. The van der Waals surface area contributed by atoms with Gasteiger partial charge in [0.2, 0.25) is 0 Å². The average molecular weight is 309 g/mol. The van der Waals surface area contributed by atoms with E-state index in [1.54, 1.807) is 11.3 Å². The van der Waals surface area contributed by atoms with E-state index in [1.165, 1.54) is 33.8 Å². The fourth-order valence-corrected chi connectivity index (χ4v) is 4.00. The van der Waals surface area contributed by atoms with Crippen LogP contribution in [0, 0.1) is 6.92 Å². The Labute approximate surface area is 134 Å². The molecule has 4 rings (SSSR count). The first-order chi connectivity index (χ1) is 10.8. The van der Waals surface area contributed by atoms with Crippen molar-refractivity contribution < 1.29 is 0 Å². The minimum Gasteiger partial charge on any atom is -0.384 e. The summed E-state index contributed by atoms with van der Waals surface area (Å²) in [4.78, 5) is 9.38. The zero-order valence-corrected chi connectivity index (χ0v) is 13.5. The highest BCUT2D eigenvalue weighted by atomic mass is 32.1. The minimum absolute atomic E-state index is 0.924. The van der Waals surface area contributed by atoms with Crippen LogP contribution in [-0.2, 0) is 19.3 Å². The lowest BCUT2D eigenvalue weighted by Crippen LogP contribution is -2.08. The molecule has 0 fully saturated rings. The van der Waals surface area contributed by atoms with Crippen molar-refractivity contribution >= 4 is 27.9 Å². The van der Waals surface area contributed by atoms with Crippen LogP contribution in [0.25, 0.3) is 10.9 Å². The second-order valence-corrected chi connectivity index (χ2v) is 6.78. The van der Waals surface area contributed by atoms with E-state index in [2.05, 4.69) is 46.9 Å². The molecule has 0 spiro atoms. The van der Waals surface area contributed by atoms with Crippen molar-refractivity contribution in [1.29, 1.82) is 0 Å². The van der Waals surface area contributed by atoms with Gasteiger partial charge in [-0.05, 0) is 37.8 Å². The van der Waals surface area contributed by atoms with E-state index < -0.39 is 0 Å². The monoisotopic (exact) mass is 309 g/mol. The fraction of sp³-hybridized carbons (Fsp3) is 0.333. The Balaban J connectivity index is 1.62. The summed E-state index contributed by atoms with van der Waals surface area (Å²) in [6.07, 6.45) is 4.45. The van der Waals surface area contributed by atoms with Crippen molar-refractivity contribution in [2.75, 3.05) is 11.9 Å². The molecule has 2 heterocycles. The highest BCUT2D eigenvalue weighted by Gasteiger charge is 2.19. The van der Waals surface area contributed by atoms with Gasteiger partial charge in [0, 0.05) is 40.8 Å². The zero-order valence-electron chi connectivity index (χ0n) is 12.7. The van der Waals surface area contributed by atoms with E-state index in [0.717, 1.165) is 37.0 Å². The van der Waals surface area contributed by atoms with Gasteiger partial charge in [0.05, 0.1) is 10.5 Å². The van der Waals surface area contributed by atoms with Gasteiger partial charge in [-0.3, -0.25) is 4.98 Å². The topological polar surface area (TPSA) is 37.8 Å². The molecule has 1 aliphatic carbocycles. The molecule has 22 heavy (non-hydrogen) atoms. The van der Waals surface area contributed by atoms with Crippen LogP contribution in [0.1, 0.15) is 28.4 Å². The van der Waals surface area contributed by atoms with Gasteiger partial charge >= 0.3 is 0 Å². The Morgan fingerprint density at radius 2 is 2.09 bits per heavy atom. The molecule has 0 aliphatic heterocycles. The number of hydrogen-bond acceptors (Lipinski definition) is 4. The molecule has 0 unspecified atom stereocenters. The minimum atomic E-state index is 0.924. The Hall–Kier alpha value is -1.94. The third-order valence-electron chi connectivity index (χ3n) is 4.23. The molecule has 112 valence electrons. The van der Waals surface area contributed by atoms with E-state index in [9.17, 15) is 0 Å². The molecular weight excluding hydrogens is 290 g/mol. The van der Waals surface area contributed by atoms with Crippen LogP contribution in [0.15, 0.2) is 29.6 Å². The van der Waals surface area contributed by atoms with Gasteiger partial charge in [0.15, 0.2) is 0 Å². The number of nitrogens with one attached hydrogen (secondary N) is 1. The molecule has 0 saturated carbocycles. The standard InChI is InChI=1S/C18H19N3S/c1-12-11-22-17(20-12)9-10-19-18-13-5-2-3-7-15(13)21-16-8-4-6-14(16)18/h2-3,5,7,11H,4,6,8-10H2,1H3,(H,19,21). The number of thiazole rings is 1. The highest BCUT2D eigenvalue weighted by molar-refractivity contribution is 7.09. The number of aromatic nitrogens is 2. The van der Waals surface area contributed by atoms with Crippen LogP contribution in [0.3, 0.4) is 0 Å². The lowest BCUT2D eigenvalue weighted by Gasteiger charge is -2.14. The molecule has 2 aromatic heterocycles. The van der Waals surface area contributed by atoms with E-state index >= 15 is 0 Å². The molecule has 0 amide bonds. The fourth-order valence-electron chi connectivity index (χ4n) is 3.22. The first-order valence-corrected chi connectivity index (χ1v) is 8.74. The Morgan fingerprint density at radius 3 is 2.95 bits per heavy atom. The number of aryl methyl sites for hydroxylation is 2. The number of fused-ring (bicyclic) bond motifs is 2. The predicted octanol–water partition coefficient (Wildman–Crippen LogP) is 4.14. The van der Waals surface area contributed by atoms with E-state index in [0.29, 0.717) is 0 Å². The van der Waals surface area contributed by atoms with Crippen molar-refractivity contribution in [3.05, 3.63) is 51.6 Å². The van der Waals surface area contributed by atoms with Crippen molar-refractivity contribution in [2.45, 2.75) is 32.6 Å². The number of rotatable bonds is 4. The summed E-state index contributed by atoms with van der Waals surface area (Å²) in [6.45, 7) is 2.98. The van der Waals surface area contributed by atoms with E-state index in [4.69, 9.17) is 4.98 Å². The quantitative estimate of drug-likeness (QED) is 0.787. The van der Waals surface area contributed by atoms with Crippen molar-refractivity contribution in [1.82, 2.24) is 9.97 Å². The maximum absolute atomic E-state index is 4.84. The number of para-hydroxylation sites is 1. The van der Waals surface area contributed by atoms with E-state index in [-0.39, 0.29) is 0 Å². The Morgan fingerprint density at radius 1 is 1.18 bits per heavy atom. The summed E-state index contributed by atoms with van der Waals surface area (Å²) >= 11 is 1.75.